The monoisotopic (exact) mass is 225 g/mol. The highest BCUT2D eigenvalue weighted by Gasteiger charge is 2.31. The molecular weight excluding hydrogens is 210 g/mol. The minimum atomic E-state index is -3.47. The number of nitrogens with one attached hydrogen (secondary N) is 1. The van der Waals surface area contributed by atoms with Crippen LogP contribution >= 0.6 is 0 Å². The van der Waals surface area contributed by atoms with Crippen LogP contribution in [0.1, 0.15) is 20.3 Å². The summed E-state index contributed by atoms with van der Waals surface area (Å²) in [6, 6.07) is 0. The molecule has 0 heterocycles. The van der Waals surface area contributed by atoms with Gasteiger partial charge in [0.2, 0.25) is 10.0 Å². The Bertz CT molecular complexity index is 295. The number of hydrogen-bond acceptors (Lipinski definition) is 4. The Morgan fingerprint density at radius 1 is 1.50 bits per heavy atom. The molecule has 0 rings (SSSR count). The van der Waals surface area contributed by atoms with Crippen molar-refractivity contribution in [2.75, 3.05) is 12.3 Å². The van der Waals surface area contributed by atoms with Crippen LogP contribution in [0.3, 0.4) is 0 Å². The average molecular weight is 225 g/mol. The average Bonchev–Trinajstić information content (AvgIpc) is 2.01. The van der Waals surface area contributed by atoms with Crippen molar-refractivity contribution in [3.8, 4) is 0 Å². The van der Waals surface area contributed by atoms with Gasteiger partial charge < -0.3 is 10.2 Å². The summed E-state index contributed by atoms with van der Waals surface area (Å²) in [6.45, 7) is 2.20. The zero-order valence-electron chi connectivity index (χ0n) is 8.15. The first-order chi connectivity index (χ1) is 6.21. The number of carboxylic acids is 1. The maximum Gasteiger partial charge on any atom is 0.336 e. The molecule has 0 saturated carbocycles. The Morgan fingerprint density at radius 2 is 2.00 bits per heavy atom. The third-order valence-electron chi connectivity index (χ3n) is 1.57. The summed E-state index contributed by atoms with van der Waals surface area (Å²) < 4.78 is 24.2. The van der Waals surface area contributed by atoms with Gasteiger partial charge in [0.25, 0.3) is 0 Å². The molecule has 0 aliphatic carbocycles. The van der Waals surface area contributed by atoms with Crippen molar-refractivity contribution >= 4 is 16.0 Å². The topological polar surface area (TPSA) is 104 Å². The maximum absolute atomic E-state index is 11.1. The Balaban J connectivity index is 4.26. The first kappa shape index (κ1) is 13.3. The molecule has 6 nitrogen and oxygen atoms in total. The summed E-state index contributed by atoms with van der Waals surface area (Å²) >= 11 is 0. The Kier molecular flexibility index (Phi) is 4.50. The molecule has 3 N–H and O–H groups in total. The van der Waals surface area contributed by atoms with E-state index in [1.54, 1.807) is 6.92 Å². The van der Waals surface area contributed by atoms with Crippen LogP contribution in [0.25, 0.3) is 0 Å². The fourth-order valence-corrected chi connectivity index (χ4v) is 1.85. The summed E-state index contributed by atoms with van der Waals surface area (Å²) in [7, 11) is -3.47. The van der Waals surface area contributed by atoms with Gasteiger partial charge in [0, 0.05) is 6.54 Å². The van der Waals surface area contributed by atoms with E-state index >= 15 is 0 Å². The second-order valence-electron chi connectivity index (χ2n) is 3.22. The van der Waals surface area contributed by atoms with Crippen LogP contribution in [0.4, 0.5) is 0 Å². The van der Waals surface area contributed by atoms with E-state index in [1.807, 2.05) is 4.72 Å². The van der Waals surface area contributed by atoms with Crippen molar-refractivity contribution < 1.29 is 23.4 Å². The Morgan fingerprint density at radius 3 is 2.36 bits per heavy atom. The number of sulfonamides is 1. The third-order valence-corrected chi connectivity index (χ3v) is 3.10. The molecule has 14 heavy (non-hydrogen) atoms. The quantitative estimate of drug-likeness (QED) is 0.546. The number of carboxylic acid groups (broad SMARTS) is 1. The second kappa shape index (κ2) is 4.72. The highest BCUT2D eigenvalue weighted by molar-refractivity contribution is 7.89. The second-order valence-corrected chi connectivity index (χ2v) is 5.15. The molecule has 0 saturated heterocycles. The smallest absolute Gasteiger partial charge is 0.336 e. The van der Waals surface area contributed by atoms with Gasteiger partial charge in [0.15, 0.2) is 5.60 Å². The Labute approximate surface area is 83.0 Å². The summed E-state index contributed by atoms with van der Waals surface area (Å²) in [5.41, 5.74) is -2.07. The summed E-state index contributed by atoms with van der Waals surface area (Å²) in [5.74, 6) is -1.54. The highest BCUT2D eigenvalue weighted by atomic mass is 32.2. The third kappa shape index (κ3) is 4.54. The van der Waals surface area contributed by atoms with Crippen LogP contribution in [0.5, 0.6) is 0 Å². The lowest BCUT2D eigenvalue weighted by molar-refractivity contribution is -0.155. The van der Waals surface area contributed by atoms with E-state index in [0.717, 1.165) is 6.92 Å². The van der Waals surface area contributed by atoms with Crippen LogP contribution in [-0.4, -0.2) is 42.5 Å². The lowest BCUT2D eigenvalue weighted by Gasteiger charge is -2.18. The molecule has 0 aromatic heterocycles. The van der Waals surface area contributed by atoms with E-state index in [0.29, 0.717) is 6.42 Å². The van der Waals surface area contributed by atoms with Gasteiger partial charge in [-0.3, -0.25) is 0 Å². The van der Waals surface area contributed by atoms with E-state index in [1.165, 1.54) is 0 Å². The van der Waals surface area contributed by atoms with Gasteiger partial charge >= 0.3 is 5.97 Å². The first-order valence-corrected chi connectivity index (χ1v) is 5.79. The molecule has 1 unspecified atom stereocenters. The lowest BCUT2D eigenvalue weighted by Crippen LogP contribution is -2.46. The van der Waals surface area contributed by atoms with E-state index in [4.69, 9.17) is 5.11 Å². The van der Waals surface area contributed by atoms with Crippen molar-refractivity contribution in [3.63, 3.8) is 0 Å². The van der Waals surface area contributed by atoms with Gasteiger partial charge in [-0.2, -0.15) is 0 Å². The van der Waals surface area contributed by atoms with E-state index in [-0.39, 0.29) is 5.75 Å². The number of rotatable bonds is 6. The molecule has 0 spiro atoms. The molecular formula is C7H15NO5S. The molecule has 1 atom stereocenters. The van der Waals surface area contributed by atoms with Gasteiger partial charge in [-0.1, -0.05) is 6.92 Å². The van der Waals surface area contributed by atoms with Crippen molar-refractivity contribution in [3.05, 3.63) is 0 Å². The first-order valence-electron chi connectivity index (χ1n) is 4.14. The van der Waals surface area contributed by atoms with Crippen LogP contribution in [0.2, 0.25) is 0 Å². The number of aliphatic carboxylic acids is 1. The van der Waals surface area contributed by atoms with Gasteiger partial charge in [0.05, 0.1) is 5.75 Å². The molecule has 7 heteroatoms. The molecule has 0 aliphatic heterocycles. The molecule has 0 radical (unpaired) electrons. The van der Waals surface area contributed by atoms with Crippen LogP contribution in [0.15, 0.2) is 0 Å². The van der Waals surface area contributed by atoms with Crippen molar-refractivity contribution in [1.82, 2.24) is 4.72 Å². The molecule has 0 bridgehead atoms. The zero-order valence-corrected chi connectivity index (χ0v) is 8.97. The largest absolute Gasteiger partial charge is 0.479 e. The summed E-state index contributed by atoms with van der Waals surface area (Å²) in [6.07, 6.45) is 0.435. The van der Waals surface area contributed by atoms with Crippen LogP contribution in [-0.2, 0) is 14.8 Å². The van der Waals surface area contributed by atoms with Gasteiger partial charge in [-0.25, -0.2) is 17.9 Å². The fraction of sp³-hybridized carbons (Fsp3) is 0.857. The summed E-state index contributed by atoms with van der Waals surface area (Å²) in [5, 5.41) is 17.7. The predicted octanol–water partition coefficient (Wildman–Crippen LogP) is -0.849. The molecule has 0 fully saturated rings. The van der Waals surface area contributed by atoms with Crippen LogP contribution in [0, 0.1) is 0 Å². The molecule has 0 aromatic carbocycles. The van der Waals surface area contributed by atoms with Gasteiger partial charge in [0.1, 0.15) is 0 Å². The van der Waals surface area contributed by atoms with Gasteiger partial charge in [-0.15, -0.1) is 0 Å². The maximum atomic E-state index is 11.1. The zero-order chi connectivity index (χ0) is 11.4. The summed E-state index contributed by atoms with van der Waals surface area (Å²) in [4.78, 5) is 10.4. The van der Waals surface area contributed by atoms with Crippen LogP contribution < -0.4 is 4.72 Å². The molecule has 0 amide bonds. The van der Waals surface area contributed by atoms with Crippen molar-refractivity contribution in [2.24, 2.45) is 0 Å². The van der Waals surface area contributed by atoms with E-state index < -0.39 is 28.1 Å². The van der Waals surface area contributed by atoms with Crippen molar-refractivity contribution in [1.29, 1.82) is 0 Å². The molecule has 0 aromatic rings. The lowest BCUT2D eigenvalue weighted by atomic mass is 10.1. The van der Waals surface area contributed by atoms with Gasteiger partial charge in [-0.05, 0) is 13.3 Å². The minimum absolute atomic E-state index is 0.0807. The molecule has 0 aliphatic rings. The number of carbonyl (C=O) groups is 1. The van der Waals surface area contributed by atoms with E-state index in [9.17, 15) is 18.3 Å². The molecule has 84 valence electrons. The van der Waals surface area contributed by atoms with Crippen molar-refractivity contribution in [2.45, 2.75) is 25.9 Å². The Hall–Kier alpha value is -0.660. The highest BCUT2D eigenvalue weighted by Crippen LogP contribution is 2.02. The standard InChI is InChI=1S/C7H15NO5S/c1-3-4-14(12,13)8-5-7(2,11)6(9)10/h8,11H,3-5H2,1-2H3,(H,9,10). The fourth-order valence-electron chi connectivity index (χ4n) is 0.667. The normalized spacial score (nSPS) is 16.2. The SMILES string of the molecule is CCCS(=O)(=O)NCC(C)(O)C(=O)O. The number of hydrogen-bond donors (Lipinski definition) is 3. The van der Waals surface area contributed by atoms with E-state index in [2.05, 4.69) is 0 Å². The minimum Gasteiger partial charge on any atom is -0.479 e. The number of aliphatic hydroxyl groups is 1. The predicted molar refractivity (Wildman–Crippen MR) is 50.3 cm³/mol.